The molecule has 0 aromatic heterocycles. The Labute approximate surface area is 161 Å². The molecule has 0 saturated carbocycles. The number of aryl methyl sites for hydroxylation is 2. The summed E-state index contributed by atoms with van der Waals surface area (Å²) in [6, 6.07) is 4.35. The van der Waals surface area contributed by atoms with Gasteiger partial charge in [-0.3, -0.25) is 4.79 Å². The van der Waals surface area contributed by atoms with Gasteiger partial charge in [0.25, 0.3) is 0 Å². The van der Waals surface area contributed by atoms with Crippen molar-refractivity contribution >= 4 is 25.8 Å². The molecule has 7 nitrogen and oxygen atoms in total. The van der Waals surface area contributed by atoms with Crippen molar-refractivity contribution in [2.45, 2.75) is 56.9 Å². The van der Waals surface area contributed by atoms with Gasteiger partial charge in [-0.2, -0.15) is 4.31 Å². The number of sulfone groups is 1. The first-order chi connectivity index (χ1) is 12.5. The van der Waals surface area contributed by atoms with Gasteiger partial charge in [0.2, 0.25) is 10.0 Å². The zero-order valence-electron chi connectivity index (χ0n) is 15.7. The molecule has 1 atom stereocenters. The van der Waals surface area contributed by atoms with Gasteiger partial charge in [0.05, 0.1) is 16.4 Å². The van der Waals surface area contributed by atoms with E-state index in [1.807, 2.05) is 13.8 Å². The first-order valence-electron chi connectivity index (χ1n) is 9.04. The minimum atomic E-state index is -3.82. The molecule has 0 spiro atoms. The topological polar surface area (TPSA) is 109 Å². The predicted molar refractivity (Wildman–Crippen MR) is 103 cm³/mol. The molecule has 0 radical (unpaired) electrons. The molecule has 0 bridgehead atoms. The number of nitrogens with zero attached hydrogens (tertiary/aromatic N) is 1. The maximum absolute atomic E-state index is 13.2. The monoisotopic (exact) mass is 417 g/mol. The standard InChI is InChI=1S/C18H27NO6S2/c1-14-7-8-17(12-15(14)2)27(24,25)19(10-5-3-4-6-18(20)21)16-9-11-26(22,23)13-16/h7-8,12,16H,3-6,9-11,13H2,1-2H3,(H,20,21)/t16-/m0/s1. The van der Waals surface area contributed by atoms with E-state index in [9.17, 15) is 21.6 Å². The molecule has 1 saturated heterocycles. The summed E-state index contributed by atoms with van der Waals surface area (Å²) in [6.07, 6.45) is 1.87. The third-order valence-corrected chi connectivity index (χ3v) is 8.67. The Morgan fingerprint density at radius 3 is 2.44 bits per heavy atom. The van der Waals surface area contributed by atoms with Crippen LogP contribution in [0.3, 0.4) is 0 Å². The lowest BCUT2D eigenvalue weighted by Gasteiger charge is -2.27. The first kappa shape index (κ1) is 21.8. The molecule has 1 aromatic rings. The van der Waals surface area contributed by atoms with Crippen LogP contribution in [0.2, 0.25) is 0 Å². The summed E-state index contributed by atoms with van der Waals surface area (Å²) in [7, 11) is -7.05. The Morgan fingerprint density at radius 2 is 1.89 bits per heavy atom. The fourth-order valence-electron chi connectivity index (χ4n) is 3.23. The van der Waals surface area contributed by atoms with Crippen molar-refractivity contribution in [2.75, 3.05) is 18.1 Å². The van der Waals surface area contributed by atoms with E-state index in [-0.39, 0.29) is 29.4 Å². The Hall–Kier alpha value is -1.45. The number of carboxylic acids is 1. The van der Waals surface area contributed by atoms with Crippen molar-refractivity contribution in [3.8, 4) is 0 Å². The number of carboxylic acid groups (broad SMARTS) is 1. The fraction of sp³-hybridized carbons (Fsp3) is 0.611. The van der Waals surface area contributed by atoms with Gasteiger partial charge in [-0.1, -0.05) is 12.5 Å². The van der Waals surface area contributed by atoms with Crippen molar-refractivity contribution in [2.24, 2.45) is 0 Å². The number of rotatable bonds is 9. The lowest BCUT2D eigenvalue weighted by atomic mass is 10.1. The third kappa shape index (κ3) is 5.76. The van der Waals surface area contributed by atoms with Gasteiger partial charge in [0.15, 0.2) is 9.84 Å². The molecular weight excluding hydrogens is 390 g/mol. The highest BCUT2D eigenvalue weighted by Gasteiger charge is 2.38. The van der Waals surface area contributed by atoms with Crippen LogP contribution in [-0.2, 0) is 24.7 Å². The summed E-state index contributed by atoms with van der Waals surface area (Å²) >= 11 is 0. The highest BCUT2D eigenvalue weighted by Crippen LogP contribution is 2.27. The summed E-state index contributed by atoms with van der Waals surface area (Å²) in [5.41, 5.74) is 1.84. The average molecular weight is 418 g/mol. The van der Waals surface area contributed by atoms with Gasteiger partial charge < -0.3 is 5.11 Å². The van der Waals surface area contributed by atoms with Crippen LogP contribution >= 0.6 is 0 Å². The lowest BCUT2D eigenvalue weighted by molar-refractivity contribution is -0.137. The van der Waals surface area contributed by atoms with E-state index >= 15 is 0 Å². The zero-order valence-corrected chi connectivity index (χ0v) is 17.4. The molecule has 0 aliphatic carbocycles. The first-order valence-corrected chi connectivity index (χ1v) is 12.3. The second kappa shape index (κ2) is 8.70. The third-order valence-electron chi connectivity index (χ3n) is 4.97. The maximum atomic E-state index is 13.2. The van der Waals surface area contributed by atoms with Gasteiger partial charge in [-0.15, -0.1) is 0 Å². The predicted octanol–water partition coefficient (Wildman–Crippen LogP) is 2.13. The van der Waals surface area contributed by atoms with Crippen LogP contribution in [0.5, 0.6) is 0 Å². The summed E-state index contributed by atoms with van der Waals surface area (Å²) in [5.74, 6) is -1.04. The van der Waals surface area contributed by atoms with Gasteiger partial charge in [0.1, 0.15) is 0 Å². The van der Waals surface area contributed by atoms with Gasteiger partial charge >= 0.3 is 5.97 Å². The number of hydrogen-bond donors (Lipinski definition) is 1. The Bertz CT molecular complexity index is 892. The van der Waals surface area contributed by atoms with E-state index in [1.165, 1.54) is 4.31 Å². The van der Waals surface area contributed by atoms with Crippen LogP contribution in [0.25, 0.3) is 0 Å². The molecular formula is C18H27NO6S2. The number of benzene rings is 1. The number of sulfonamides is 1. The molecule has 0 unspecified atom stereocenters. The summed E-state index contributed by atoms with van der Waals surface area (Å²) < 4.78 is 51.5. The van der Waals surface area contributed by atoms with E-state index in [1.54, 1.807) is 18.2 Å². The number of hydrogen-bond acceptors (Lipinski definition) is 5. The normalized spacial score (nSPS) is 19.4. The smallest absolute Gasteiger partial charge is 0.303 e. The van der Waals surface area contributed by atoms with Crippen molar-refractivity contribution in [3.63, 3.8) is 0 Å². The molecule has 2 rings (SSSR count). The molecule has 1 aliphatic heterocycles. The van der Waals surface area contributed by atoms with Crippen LogP contribution < -0.4 is 0 Å². The van der Waals surface area contributed by atoms with Crippen molar-refractivity contribution in [1.82, 2.24) is 4.31 Å². The fourth-order valence-corrected chi connectivity index (χ4v) is 6.84. The summed E-state index contributed by atoms with van der Waals surface area (Å²) in [4.78, 5) is 10.8. The van der Waals surface area contributed by atoms with Crippen LogP contribution in [0.15, 0.2) is 23.1 Å². The quantitative estimate of drug-likeness (QED) is 0.617. The van der Waals surface area contributed by atoms with E-state index in [0.29, 0.717) is 25.7 Å². The highest BCUT2D eigenvalue weighted by atomic mass is 32.2. The second-order valence-electron chi connectivity index (χ2n) is 7.12. The Balaban J connectivity index is 2.22. The van der Waals surface area contributed by atoms with Crippen LogP contribution in [0, 0.1) is 13.8 Å². The molecule has 0 amide bonds. The Kier molecular flexibility index (Phi) is 7.04. The van der Waals surface area contributed by atoms with E-state index < -0.39 is 31.9 Å². The molecule has 1 N–H and O–H groups in total. The highest BCUT2D eigenvalue weighted by molar-refractivity contribution is 7.92. The molecule has 1 heterocycles. The zero-order chi connectivity index (χ0) is 20.2. The summed E-state index contributed by atoms with van der Waals surface area (Å²) in [5, 5.41) is 8.71. The maximum Gasteiger partial charge on any atom is 0.303 e. The van der Waals surface area contributed by atoms with E-state index in [2.05, 4.69) is 0 Å². The van der Waals surface area contributed by atoms with Gasteiger partial charge in [-0.25, -0.2) is 16.8 Å². The second-order valence-corrected chi connectivity index (χ2v) is 11.2. The number of aliphatic carboxylic acids is 1. The lowest BCUT2D eigenvalue weighted by Crippen LogP contribution is -2.41. The minimum absolute atomic E-state index is 0.00434. The van der Waals surface area contributed by atoms with Crippen LogP contribution in [0.1, 0.15) is 43.2 Å². The molecule has 1 aliphatic rings. The van der Waals surface area contributed by atoms with Gasteiger partial charge in [0, 0.05) is 19.0 Å². The van der Waals surface area contributed by atoms with Crippen LogP contribution in [-0.4, -0.2) is 56.3 Å². The largest absolute Gasteiger partial charge is 0.481 e. The van der Waals surface area contributed by atoms with E-state index in [4.69, 9.17) is 5.11 Å². The SMILES string of the molecule is Cc1ccc(S(=O)(=O)N(CCCCCC(=O)O)[C@H]2CCS(=O)(=O)C2)cc1C. The minimum Gasteiger partial charge on any atom is -0.481 e. The molecule has 27 heavy (non-hydrogen) atoms. The summed E-state index contributed by atoms with van der Waals surface area (Å²) in [6.45, 7) is 3.93. The number of unbranched alkanes of at least 4 members (excludes halogenated alkanes) is 2. The Morgan fingerprint density at radius 1 is 1.19 bits per heavy atom. The van der Waals surface area contributed by atoms with Crippen LogP contribution in [0.4, 0.5) is 0 Å². The van der Waals surface area contributed by atoms with Crippen molar-refractivity contribution in [1.29, 1.82) is 0 Å². The number of carbonyl (C=O) groups is 1. The van der Waals surface area contributed by atoms with Crippen molar-refractivity contribution < 1.29 is 26.7 Å². The molecule has 9 heteroatoms. The van der Waals surface area contributed by atoms with Gasteiger partial charge in [-0.05, 0) is 56.4 Å². The molecule has 1 fully saturated rings. The van der Waals surface area contributed by atoms with E-state index in [0.717, 1.165) is 11.1 Å². The average Bonchev–Trinajstić information content (AvgIpc) is 2.92. The molecule has 1 aromatic carbocycles. The molecule has 152 valence electrons. The van der Waals surface area contributed by atoms with Crippen molar-refractivity contribution in [3.05, 3.63) is 29.3 Å².